The van der Waals surface area contributed by atoms with Gasteiger partial charge in [-0.15, -0.1) is 0 Å². The summed E-state index contributed by atoms with van der Waals surface area (Å²) in [5.41, 5.74) is -1.10. The Morgan fingerprint density at radius 2 is 1.90 bits per heavy atom. The molecule has 2 N–H and O–H groups in total. The molecule has 5 nitrogen and oxygen atoms in total. The number of aromatic hydroxyl groups is 1. The van der Waals surface area contributed by atoms with Crippen LogP contribution in [0.25, 0.3) is 17.4 Å². The van der Waals surface area contributed by atoms with E-state index in [1.807, 2.05) is 0 Å². The number of furan rings is 1. The van der Waals surface area contributed by atoms with Crippen molar-refractivity contribution in [2.24, 2.45) is 0 Å². The van der Waals surface area contributed by atoms with E-state index in [-0.39, 0.29) is 39.1 Å². The number of rotatable bonds is 4. The highest BCUT2D eigenvalue weighted by atomic mass is 35.5. The molecule has 30 heavy (non-hydrogen) atoms. The summed E-state index contributed by atoms with van der Waals surface area (Å²) in [4.78, 5) is 12.3. The van der Waals surface area contributed by atoms with Crippen molar-refractivity contribution >= 4 is 29.3 Å². The number of nitriles is 1. The van der Waals surface area contributed by atoms with Gasteiger partial charge in [0, 0.05) is 11.6 Å². The van der Waals surface area contributed by atoms with Crippen molar-refractivity contribution in [3.05, 3.63) is 76.5 Å². The molecule has 0 saturated carbocycles. The van der Waals surface area contributed by atoms with Gasteiger partial charge in [-0.05, 0) is 42.5 Å². The third-order valence-electron chi connectivity index (χ3n) is 3.99. The van der Waals surface area contributed by atoms with Crippen molar-refractivity contribution in [1.29, 1.82) is 5.26 Å². The summed E-state index contributed by atoms with van der Waals surface area (Å²) < 4.78 is 44.3. The first kappa shape index (κ1) is 21.0. The highest BCUT2D eigenvalue weighted by Crippen LogP contribution is 2.36. The standard InChI is InChI=1S/C21H12ClF3N2O3/c22-16-7-5-13(21(23,24)25)10-15(16)19-8-6-14(30-19)9-12(11-26)20(29)27-17-3-1-2-4-18(17)28/h1-10,28H,(H,27,29). The summed E-state index contributed by atoms with van der Waals surface area (Å²) in [6.45, 7) is 0. The predicted octanol–water partition coefficient (Wildman–Crippen LogP) is 5.87. The van der Waals surface area contributed by atoms with Gasteiger partial charge in [-0.2, -0.15) is 18.4 Å². The van der Waals surface area contributed by atoms with Crippen LogP contribution < -0.4 is 5.32 Å². The minimum absolute atomic E-state index is 0.0170. The van der Waals surface area contributed by atoms with Crippen LogP contribution in [0.4, 0.5) is 18.9 Å². The zero-order valence-electron chi connectivity index (χ0n) is 15.0. The number of benzene rings is 2. The number of anilines is 1. The summed E-state index contributed by atoms with van der Waals surface area (Å²) >= 11 is 6.00. The van der Waals surface area contributed by atoms with Gasteiger partial charge >= 0.3 is 6.18 Å². The summed E-state index contributed by atoms with van der Waals surface area (Å²) in [5.74, 6) is -0.880. The maximum Gasteiger partial charge on any atom is 0.416 e. The third-order valence-corrected chi connectivity index (χ3v) is 4.32. The predicted molar refractivity (Wildman–Crippen MR) is 104 cm³/mol. The first-order valence-corrected chi connectivity index (χ1v) is 8.75. The number of alkyl halides is 3. The molecule has 0 aliphatic carbocycles. The molecule has 1 heterocycles. The maximum atomic E-state index is 13.0. The second-order valence-corrected chi connectivity index (χ2v) is 6.44. The Morgan fingerprint density at radius 1 is 1.17 bits per heavy atom. The lowest BCUT2D eigenvalue weighted by atomic mass is 10.1. The van der Waals surface area contributed by atoms with Gasteiger partial charge in [-0.25, -0.2) is 0 Å². The average molecular weight is 433 g/mol. The van der Waals surface area contributed by atoms with E-state index in [0.717, 1.165) is 24.3 Å². The monoisotopic (exact) mass is 432 g/mol. The van der Waals surface area contributed by atoms with E-state index in [0.29, 0.717) is 0 Å². The molecule has 152 valence electrons. The minimum atomic E-state index is -4.55. The molecule has 0 radical (unpaired) electrons. The quantitative estimate of drug-likeness (QED) is 0.306. The van der Waals surface area contributed by atoms with Crippen molar-refractivity contribution in [2.45, 2.75) is 6.18 Å². The number of hydrogen-bond acceptors (Lipinski definition) is 4. The number of phenols is 1. The van der Waals surface area contributed by atoms with Crippen LogP contribution in [0.5, 0.6) is 5.75 Å². The largest absolute Gasteiger partial charge is 0.506 e. The number of hydrogen-bond donors (Lipinski definition) is 2. The molecule has 2 aromatic carbocycles. The molecule has 3 rings (SSSR count). The van der Waals surface area contributed by atoms with Crippen LogP contribution in [0.3, 0.4) is 0 Å². The Morgan fingerprint density at radius 3 is 2.57 bits per heavy atom. The molecule has 0 atom stereocenters. The normalized spacial score (nSPS) is 11.8. The molecule has 0 bridgehead atoms. The Hall–Kier alpha value is -3.70. The third kappa shape index (κ3) is 4.64. The molecular weight excluding hydrogens is 421 g/mol. The van der Waals surface area contributed by atoms with Crippen LogP contribution in [0.2, 0.25) is 5.02 Å². The molecule has 0 fully saturated rings. The summed E-state index contributed by atoms with van der Waals surface area (Å²) in [5, 5.41) is 21.4. The van der Waals surface area contributed by atoms with Crippen LogP contribution >= 0.6 is 11.6 Å². The fourth-order valence-electron chi connectivity index (χ4n) is 2.53. The highest BCUT2D eigenvalue weighted by Gasteiger charge is 2.31. The topological polar surface area (TPSA) is 86.3 Å². The van der Waals surface area contributed by atoms with Crippen molar-refractivity contribution in [1.82, 2.24) is 0 Å². The molecule has 1 amide bonds. The molecule has 0 unspecified atom stereocenters. The SMILES string of the molecule is N#CC(=Cc1ccc(-c2cc(C(F)(F)F)ccc2Cl)o1)C(=O)Nc1ccccc1O. The van der Waals surface area contributed by atoms with E-state index in [4.69, 9.17) is 16.0 Å². The first-order valence-electron chi connectivity index (χ1n) is 8.37. The second-order valence-electron chi connectivity index (χ2n) is 6.04. The van der Waals surface area contributed by atoms with Gasteiger partial charge in [-0.3, -0.25) is 4.79 Å². The highest BCUT2D eigenvalue weighted by molar-refractivity contribution is 6.33. The second kappa shape index (κ2) is 8.35. The number of amides is 1. The number of nitrogens with one attached hydrogen (secondary N) is 1. The first-order chi connectivity index (χ1) is 14.2. The molecule has 0 spiro atoms. The van der Waals surface area contributed by atoms with Gasteiger partial charge in [0.25, 0.3) is 5.91 Å². The summed E-state index contributed by atoms with van der Waals surface area (Å²) in [6.07, 6.45) is -3.43. The zero-order valence-corrected chi connectivity index (χ0v) is 15.8. The lowest BCUT2D eigenvalue weighted by Crippen LogP contribution is -2.13. The smallest absolute Gasteiger partial charge is 0.416 e. The van der Waals surface area contributed by atoms with Crippen molar-refractivity contribution in [3.63, 3.8) is 0 Å². The van der Waals surface area contributed by atoms with Gasteiger partial charge in [-0.1, -0.05) is 23.7 Å². The van der Waals surface area contributed by atoms with Crippen LogP contribution in [-0.4, -0.2) is 11.0 Å². The number of phenolic OH excluding ortho intramolecular Hbond substituents is 1. The Labute approximate surface area is 173 Å². The number of carbonyl (C=O) groups excluding carboxylic acids is 1. The number of para-hydroxylation sites is 2. The Kier molecular flexibility index (Phi) is 5.85. The van der Waals surface area contributed by atoms with E-state index >= 15 is 0 Å². The van der Waals surface area contributed by atoms with Crippen LogP contribution in [-0.2, 0) is 11.0 Å². The van der Waals surface area contributed by atoms with Gasteiger partial charge in [0.1, 0.15) is 28.9 Å². The van der Waals surface area contributed by atoms with Gasteiger partial charge in [0.05, 0.1) is 16.3 Å². The van der Waals surface area contributed by atoms with Crippen molar-refractivity contribution in [2.75, 3.05) is 5.32 Å². The molecule has 1 aromatic heterocycles. The van der Waals surface area contributed by atoms with Gasteiger partial charge in [0.2, 0.25) is 0 Å². The maximum absolute atomic E-state index is 13.0. The van der Waals surface area contributed by atoms with E-state index in [9.17, 15) is 28.3 Å². The molecule has 0 saturated heterocycles. The van der Waals surface area contributed by atoms with Crippen molar-refractivity contribution < 1.29 is 27.5 Å². The zero-order chi connectivity index (χ0) is 21.9. The van der Waals surface area contributed by atoms with Gasteiger partial charge < -0.3 is 14.8 Å². The number of halogens is 4. The van der Waals surface area contributed by atoms with E-state index in [1.54, 1.807) is 18.2 Å². The van der Waals surface area contributed by atoms with Crippen LogP contribution in [0, 0.1) is 11.3 Å². The molecule has 0 aliphatic rings. The summed E-state index contributed by atoms with van der Waals surface area (Å²) in [7, 11) is 0. The lowest BCUT2D eigenvalue weighted by molar-refractivity contribution is -0.137. The molecule has 9 heteroatoms. The van der Waals surface area contributed by atoms with E-state index < -0.39 is 17.6 Å². The van der Waals surface area contributed by atoms with Crippen LogP contribution in [0.1, 0.15) is 11.3 Å². The van der Waals surface area contributed by atoms with Crippen LogP contribution in [0.15, 0.2) is 64.6 Å². The molecular formula is C21H12ClF3N2O3. The lowest BCUT2D eigenvalue weighted by Gasteiger charge is -2.09. The number of carbonyl (C=O) groups is 1. The Balaban J connectivity index is 1.88. The fourth-order valence-corrected chi connectivity index (χ4v) is 2.74. The van der Waals surface area contributed by atoms with E-state index in [1.165, 1.54) is 24.3 Å². The average Bonchev–Trinajstić information content (AvgIpc) is 3.15. The molecule has 0 aliphatic heterocycles. The van der Waals surface area contributed by atoms with Gasteiger partial charge in [0.15, 0.2) is 0 Å². The minimum Gasteiger partial charge on any atom is -0.506 e. The summed E-state index contributed by atoms with van der Waals surface area (Å²) in [6, 6.07) is 13.3. The van der Waals surface area contributed by atoms with E-state index in [2.05, 4.69) is 5.32 Å². The molecule has 3 aromatic rings. The fraction of sp³-hybridized carbons (Fsp3) is 0.0476. The Bertz CT molecular complexity index is 1180. The van der Waals surface area contributed by atoms with Crippen molar-refractivity contribution in [3.8, 4) is 23.1 Å². The number of nitrogens with zero attached hydrogens (tertiary/aromatic N) is 1.